The second-order valence-electron chi connectivity index (χ2n) is 7.67. The molecule has 0 spiro atoms. The predicted molar refractivity (Wildman–Crippen MR) is 117 cm³/mol. The molecule has 0 aliphatic carbocycles. The van der Waals surface area contributed by atoms with Gasteiger partial charge in [-0.3, -0.25) is 4.79 Å². The highest BCUT2D eigenvalue weighted by molar-refractivity contribution is 6.33. The third-order valence-corrected chi connectivity index (χ3v) is 5.74. The van der Waals surface area contributed by atoms with E-state index in [1.165, 1.54) is 6.20 Å². The molecule has 0 saturated carbocycles. The van der Waals surface area contributed by atoms with Crippen LogP contribution in [0.2, 0.25) is 5.02 Å². The molecule has 1 amide bonds. The molecule has 0 radical (unpaired) electrons. The number of methoxy groups -OCH3 is 1. The summed E-state index contributed by atoms with van der Waals surface area (Å²) >= 11 is 6.19. The standard InChI is InChI=1S/C22H27ClN4O4/c1-29-19-11-15(6-7-18(19)31-14-16-5-4-10-30-16)12-24-21(28)20-17(23)13-25-22(26-20)27-8-2-3-9-27/h6-7,11,13,16H,2-5,8-10,12,14H2,1H3,(H,24,28). The van der Waals surface area contributed by atoms with Crippen LogP contribution in [0.3, 0.4) is 0 Å². The fourth-order valence-electron chi connectivity index (χ4n) is 3.75. The lowest BCUT2D eigenvalue weighted by molar-refractivity contribution is 0.0669. The van der Waals surface area contributed by atoms with Crippen molar-refractivity contribution < 1.29 is 19.0 Å². The van der Waals surface area contributed by atoms with Crippen molar-refractivity contribution in [2.75, 3.05) is 38.3 Å². The summed E-state index contributed by atoms with van der Waals surface area (Å²) in [4.78, 5) is 23.4. The fourth-order valence-corrected chi connectivity index (χ4v) is 3.93. The van der Waals surface area contributed by atoms with Gasteiger partial charge >= 0.3 is 0 Å². The van der Waals surface area contributed by atoms with Crippen molar-refractivity contribution in [3.63, 3.8) is 0 Å². The number of amides is 1. The molecule has 1 aromatic carbocycles. The topological polar surface area (TPSA) is 85.8 Å². The van der Waals surface area contributed by atoms with E-state index in [9.17, 15) is 4.79 Å². The van der Waals surface area contributed by atoms with Crippen LogP contribution >= 0.6 is 11.6 Å². The van der Waals surface area contributed by atoms with Gasteiger partial charge in [-0.05, 0) is 43.4 Å². The molecule has 3 heterocycles. The Labute approximate surface area is 186 Å². The van der Waals surface area contributed by atoms with Crippen LogP contribution in [0.4, 0.5) is 5.95 Å². The van der Waals surface area contributed by atoms with Gasteiger partial charge in [-0.15, -0.1) is 0 Å². The van der Waals surface area contributed by atoms with Gasteiger partial charge in [0.2, 0.25) is 5.95 Å². The highest BCUT2D eigenvalue weighted by Gasteiger charge is 2.20. The molecule has 9 heteroatoms. The van der Waals surface area contributed by atoms with Crippen LogP contribution < -0.4 is 19.7 Å². The van der Waals surface area contributed by atoms with E-state index in [0.717, 1.165) is 50.9 Å². The summed E-state index contributed by atoms with van der Waals surface area (Å²) in [5.74, 6) is 1.47. The van der Waals surface area contributed by atoms with Crippen LogP contribution in [0.25, 0.3) is 0 Å². The second kappa shape index (κ2) is 10.2. The lowest BCUT2D eigenvalue weighted by Crippen LogP contribution is -2.26. The number of aromatic nitrogens is 2. The molecular weight excluding hydrogens is 420 g/mol. The van der Waals surface area contributed by atoms with Gasteiger partial charge in [0.05, 0.1) is 24.4 Å². The van der Waals surface area contributed by atoms with E-state index < -0.39 is 0 Å². The molecule has 166 valence electrons. The van der Waals surface area contributed by atoms with E-state index in [1.807, 2.05) is 18.2 Å². The Hall–Kier alpha value is -2.58. The van der Waals surface area contributed by atoms with Crippen molar-refractivity contribution in [1.82, 2.24) is 15.3 Å². The third kappa shape index (κ3) is 5.37. The van der Waals surface area contributed by atoms with Crippen molar-refractivity contribution in [2.45, 2.75) is 38.3 Å². The van der Waals surface area contributed by atoms with Gasteiger partial charge in [-0.1, -0.05) is 17.7 Å². The molecule has 1 atom stereocenters. The molecule has 0 bridgehead atoms. The Bertz CT molecular complexity index is 914. The highest BCUT2D eigenvalue weighted by atomic mass is 35.5. The first-order valence-corrected chi connectivity index (χ1v) is 11.0. The number of ether oxygens (including phenoxy) is 3. The van der Waals surface area contributed by atoms with Gasteiger partial charge in [-0.25, -0.2) is 9.97 Å². The summed E-state index contributed by atoms with van der Waals surface area (Å²) in [6.45, 7) is 3.38. The Kier molecular flexibility index (Phi) is 7.09. The quantitative estimate of drug-likeness (QED) is 0.666. The number of anilines is 1. The molecule has 31 heavy (non-hydrogen) atoms. The van der Waals surface area contributed by atoms with Gasteiger partial charge < -0.3 is 24.4 Å². The Balaban J connectivity index is 1.38. The molecule has 8 nitrogen and oxygen atoms in total. The number of halogens is 1. The van der Waals surface area contributed by atoms with Gasteiger partial charge in [-0.2, -0.15) is 0 Å². The van der Waals surface area contributed by atoms with Crippen molar-refractivity contribution >= 4 is 23.5 Å². The van der Waals surface area contributed by atoms with Gasteiger partial charge in [0.1, 0.15) is 6.61 Å². The van der Waals surface area contributed by atoms with Crippen molar-refractivity contribution in [3.05, 3.63) is 40.7 Å². The number of benzene rings is 1. The summed E-state index contributed by atoms with van der Waals surface area (Å²) < 4.78 is 16.9. The maximum Gasteiger partial charge on any atom is 0.271 e. The van der Waals surface area contributed by atoms with E-state index in [2.05, 4.69) is 20.2 Å². The monoisotopic (exact) mass is 446 g/mol. The van der Waals surface area contributed by atoms with Crippen molar-refractivity contribution in [2.24, 2.45) is 0 Å². The minimum absolute atomic E-state index is 0.131. The molecule has 2 saturated heterocycles. The first-order chi connectivity index (χ1) is 15.1. The second-order valence-corrected chi connectivity index (χ2v) is 8.08. The smallest absolute Gasteiger partial charge is 0.271 e. The molecule has 2 aromatic rings. The summed E-state index contributed by atoms with van der Waals surface area (Å²) in [5.41, 5.74) is 1.06. The SMILES string of the molecule is COc1cc(CNC(=O)c2nc(N3CCCC3)ncc2Cl)ccc1OCC1CCCO1. The van der Waals surface area contributed by atoms with Crippen LogP contribution in [0.1, 0.15) is 41.7 Å². The molecule has 1 aromatic heterocycles. The number of hydrogen-bond donors (Lipinski definition) is 1. The summed E-state index contributed by atoms with van der Waals surface area (Å²) in [6, 6.07) is 5.59. The number of nitrogens with one attached hydrogen (secondary N) is 1. The molecule has 2 aliphatic heterocycles. The molecular formula is C22H27ClN4O4. The predicted octanol–water partition coefficient (Wildman–Crippen LogP) is 3.23. The van der Waals surface area contributed by atoms with E-state index in [1.54, 1.807) is 7.11 Å². The zero-order valence-electron chi connectivity index (χ0n) is 17.6. The first kappa shape index (κ1) is 21.6. The molecule has 2 fully saturated rings. The minimum atomic E-state index is -0.342. The average Bonchev–Trinajstić information content (AvgIpc) is 3.51. The van der Waals surface area contributed by atoms with E-state index in [4.69, 9.17) is 25.8 Å². The number of carbonyl (C=O) groups is 1. The molecule has 4 rings (SSSR count). The van der Waals surface area contributed by atoms with E-state index in [-0.39, 0.29) is 22.7 Å². The largest absolute Gasteiger partial charge is 0.493 e. The molecule has 1 unspecified atom stereocenters. The molecule has 2 aliphatic rings. The Morgan fingerprint density at radius 3 is 2.87 bits per heavy atom. The van der Waals surface area contributed by atoms with Crippen molar-refractivity contribution in [3.8, 4) is 11.5 Å². The number of rotatable bonds is 8. The summed E-state index contributed by atoms with van der Waals surface area (Å²) in [7, 11) is 1.59. The zero-order valence-corrected chi connectivity index (χ0v) is 18.4. The van der Waals surface area contributed by atoms with Crippen LogP contribution in [0.15, 0.2) is 24.4 Å². The van der Waals surface area contributed by atoms with Gasteiger partial charge in [0, 0.05) is 26.2 Å². The van der Waals surface area contributed by atoms with E-state index >= 15 is 0 Å². The summed E-state index contributed by atoms with van der Waals surface area (Å²) in [5, 5.41) is 3.11. The van der Waals surface area contributed by atoms with Crippen LogP contribution in [-0.4, -0.2) is 55.4 Å². The highest BCUT2D eigenvalue weighted by Crippen LogP contribution is 2.29. The van der Waals surface area contributed by atoms with Crippen molar-refractivity contribution in [1.29, 1.82) is 0 Å². The number of carbonyl (C=O) groups excluding carboxylic acids is 1. The first-order valence-electron chi connectivity index (χ1n) is 10.6. The van der Waals surface area contributed by atoms with E-state index in [0.29, 0.717) is 30.6 Å². The lowest BCUT2D eigenvalue weighted by Gasteiger charge is -2.16. The van der Waals surface area contributed by atoms with Crippen LogP contribution in [0.5, 0.6) is 11.5 Å². The summed E-state index contributed by atoms with van der Waals surface area (Å²) in [6.07, 6.45) is 5.90. The Morgan fingerprint density at radius 2 is 2.13 bits per heavy atom. The molecule has 1 N–H and O–H groups in total. The zero-order chi connectivity index (χ0) is 21.6. The number of hydrogen-bond acceptors (Lipinski definition) is 7. The van der Waals surface area contributed by atoms with Crippen LogP contribution in [-0.2, 0) is 11.3 Å². The average molecular weight is 447 g/mol. The maximum atomic E-state index is 12.7. The fraction of sp³-hybridized carbons (Fsp3) is 0.500. The lowest BCUT2D eigenvalue weighted by atomic mass is 10.2. The van der Waals surface area contributed by atoms with Gasteiger partial charge in [0.15, 0.2) is 17.2 Å². The number of nitrogens with zero attached hydrogens (tertiary/aromatic N) is 3. The maximum absolute atomic E-state index is 12.7. The third-order valence-electron chi connectivity index (χ3n) is 5.47. The Morgan fingerprint density at radius 1 is 1.29 bits per heavy atom. The normalized spacial score (nSPS) is 18.3. The minimum Gasteiger partial charge on any atom is -0.493 e. The van der Waals surface area contributed by atoms with Crippen LogP contribution in [0, 0.1) is 0 Å². The van der Waals surface area contributed by atoms with Gasteiger partial charge in [0.25, 0.3) is 5.91 Å².